The highest BCUT2D eigenvalue weighted by atomic mass is 79.9. The van der Waals surface area contributed by atoms with Gasteiger partial charge in [-0.15, -0.1) is 0 Å². The Labute approximate surface area is 114 Å². The van der Waals surface area contributed by atoms with Gasteiger partial charge in [-0.2, -0.15) is 0 Å². The highest BCUT2D eigenvalue weighted by molar-refractivity contribution is 9.10. The van der Waals surface area contributed by atoms with Crippen LogP contribution in [-0.4, -0.2) is 15.3 Å². The number of aryl methyl sites for hydroxylation is 1. The lowest BCUT2D eigenvalue weighted by Crippen LogP contribution is -2.04. The van der Waals surface area contributed by atoms with Gasteiger partial charge in [0.05, 0.1) is 23.8 Å². The molecule has 5 heteroatoms. The summed E-state index contributed by atoms with van der Waals surface area (Å²) in [6.07, 6.45) is 3.46. The number of ketones is 1. The predicted octanol–water partition coefficient (Wildman–Crippen LogP) is 2.96. The number of nitrogens with zero attached hydrogens (tertiary/aromatic N) is 2. The van der Waals surface area contributed by atoms with Crippen molar-refractivity contribution in [1.82, 2.24) is 9.55 Å². The second-order valence-electron chi connectivity index (χ2n) is 3.98. The fraction of sp³-hybridized carbons (Fsp3) is 0.231. The molecule has 0 aliphatic rings. The topological polar surface area (TPSA) is 44.1 Å². The summed E-state index contributed by atoms with van der Waals surface area (Å²) in [4.78, 5) is 15.5. The molecule has 0 fully saturated rings. The minimum atomic E-state index is -0.0173. The maximum absolute atomic E-state index is 11.5. The number of ether oxygens (including phenoxy) is 1. The third-order valence-corrected chi connectivity index (χ3v) is 3.11. The first kappa shape index (κ1) is 12.8. The van der Waals surface area contributed by atoms with Gasteiger partial charge in [-0.05, 0) is 25.1 Å². The van der Waals surface area contributed by atoms with Crippen molar-refractivity contribution in [3.05, 3.63) is 46.5 Å². The molecule has 4 nitrogen and oxygen atoms in total. The summed E-state index contributed by atoms with van der Waals surface area (Å²) in [6, 6.07) is 5.41. The van der Waals surface area contributed by atoms with Gasteiger partial charge in [-0.25, -0.2) is 4.98 Å². The Kier molecular flexibility index (Phi) is 3.81. The molecule has 0 unspecified atom stereocenters. The van der Waals surface area contributed by atoms with Crippen molar-refractivity contribution >= 4 is 21.7 Å². The molecule has 0 atom stereocenters. The molecule has 0 aliphatic carbocycles. The Hall–Kier alpha value is -1.62. The van der Waals surface area contributed by atoms with Crippen LogP contribution in [0.15, 0.2) is 35.2 Å². The molecule has 2 rings (SSSR count). The Bertz CT molecular complexity index is 578. The van der Waals surface area contributed by atoms with Gasteiger partial charge in [0, 0.05) is 11.5 Å². The van der Waals surface area contributed by atoms with Crippen molar-refractivity contribution in [3.63, 3.8) is 0 Å². The summed E-state index contributed by atoms with van der Waals surface area (Å²) >= 11 is 3.34. The van der Waals surface area contributed by atoms with E-state index in [4.69, 9.17) is 4.74 Å². The van der Waals surface area contributed by atoms with Crippen LogP contribution in [0.3, 0.4) is 0 Å². The number of rotatable bonds is 4. The normalized spacial score (nSPS) is 10.4. The number of imidazole rings is 1. The Morgan fingerprint density at radius 2 is 2.28 bits per heavy atom. The third kappa shape index (κ3) is 2.79. The lowest BCUT2D eigenvalue weighted by molar-refractivity contribution is 0.101. The van der Waals surface area contributed by atoms with Crippen molar-refractivity contribution in [2.45, 2.75) is 13.5 Å². The van der Waals surface area contributed by atoms with Gasteiger partial charge in [-0.1, -0.05) is 15.9 Å². The molecule has 0 saturated heterocycles. The zero-order valence-electron chi connectivity index (χ0n) is 10.2. The fourth-order valence-corrected chi connectivity index (χ4v) is 1.94. The van der Waals surface area contributed by atoms with Crippen LogP contribution < -0.4 is 4.74 Å². The summed E-state index contributed by atoms with van der Waals surface area (Å²) in [5.74, 6) is 0.572. The van der Waals surface area contributed by atoms with Gasteiger partial charge in [-0.3, -0.25) is 4.79 Å². The van der Waals surface area contributed by atoms with Crippen LogP contribution in [-0.2, 0) is 13.7 Å². The summed E-state index contributed by atoms with van der Waals surface area (Å²) in [7, 11) is 1.90. The number of halogens is 1. The molecule has 94 valence electrons. The van der Waals surface area contributed by atoms with E-state index in [1.807, 2.05) is 17.7 Å². The number of hydrogen-bond acceptors (Lipinski definition) is 3. The lowest BCUT2D eigenvalue weighted by Gasteiger charge is -2.10. The Morgan fingerprint density at radius 1 is 1.50 bits per heavy atom. The molecule has 1 aromatic carbocycles. The molecule has 18 heavy (non-hydrogen) atoms. The molecule has 0 saturated carbocycles. The van der Waals surface area contributed by atoms with E-state index in [-0.39, 0.29) is 5.78 Å². The molecule has 0 amide bonds. The number of Topliss-reactive ketones (excluding diaryl/α,β-unsaturated/α-hetero) is 1. The summed E-state index contributed by atoms with van der Waals surface area (Å²) < 4.78 is 8.42. The van der Waals surface area contributed by atoms with E-state index >= 15 is 0 Å². The number of carbonyl (C=O) groups is 1. The van der Waals surface area contributed by atoms with Gasteiger partial charge in [0.2, 0.25) is 0 Å². The van der Waals surface area contributed by atoms with Crippen LogP contribution in [0.2, 0.25) is 0 Å². The zero-order chi connectivity index (χ0) is 13.1. The monoisotopic (exact) mass is 308 g/mol. The average Bonchev–Trinajstić information content (AvgIpc) is 2.73. The fourth-order valence-electron chi connectivity index (χ4n) is 1.58. The van der Waals surface area contributed by atoms with E-state index < -0.39 is 0 Å². The third-order valence-electron chi connectivity index (χ3n) is 2.61. The van der Waals surface area contributed by atoms with Crippen LogP contribution in [0.1, 0.15) is 23.0 Å². The molecule has 0 radical (unpaired) electrons. The first-order valence-corrected chi connectivity index (χ1v) is 6.25. The summed E-state index contributed by atoms with van der Waals surface area (Å²) in [6.45, 7) is 1.91. The maximum atomic E-state index is 11.5. The van der Waals surface area contributed by atoms with Crippen LogP contribution in [0.4, 0.5) is 0 Å². The van der Waals surface area contributed by atoms with Gasteiger partial charge < -0.3 is 9.30 Å². The molecule has 1 aromatic heterocycles. The summed E-state index contributed by atoms with van der Waals surface area (Å²) in [5.41, 5.74) is 1.53. The van der Waals surface area contributed by atoms with Crippen molar-refractivity contribution in [1.29, 1.82) is 0 Å². The maximum Gasteiger partial charge on any atom is 0.163 e. The standard InChI is InChI=1S/C13H13BrN2O2/c1-9(17)12-5-10(14)3-4-13(12)18-7-11-6-15-8-16(11)2/h3-6,8H,7H2,1-2H3. The van der Waals surface area contributed by atoms with E-state index in [1.165, 1.54) is 6.92 Å². The van der Waals surface area contributed by atoms with Gasteiger partial charge in [0.1, 0.15) is 12.4 Å². The largest absolute Gasteiger partial charge is 0.487 e. The Morgan fingerprint density at radius 3 is 2.89 bits per heavy atom. The molecule has 1 heterocycles. The van der Waals surface area contributed by atoms with Crippen LogP contribution in [0, 0.1) is 0 Å². The first-order valence-electron chi connectivity index (χ1n) is 5.46. The minimum absolute atomic E-state index is 0.0173. The molecular formula is C13H13BrN2O2. The van der Waals surface area contributed by atoms with Gasteiger partial charge in [0.15, 0.2) is 5.78 Å². The van der Waals surface area contributed by atoms with Gasteiger partial charge in [0.25, 0.3) is 0 Å². The molecule has 0 N–H and O–H groups in total. The minimum Gasteiger partial charge on any atom is -0.487 e. The van der Waals surface area contributed by atoms with E-state index in [2.05, 4.69) is 20.9 Å². The van der Waals surface area contributed by atoms with Crippen molar-refractivity contribution < 1.29 is 9.53 Å². The molecule has 0 aliphatic heterocycles. The quantitative estimate of drug-likeness (QED) is 0.816. The number of carbonyl (C=O) groups excluding carboxylic acids is 1. The van der Waals surface area contributed by atoms with Crippen molar-refractivity contribution in [2.75, 3.05) is 0 Å². The highest BCUT2D eigenvalue weighted by Crippen LogP contribution is 2.24. The summed E-state index contributed by atoms with van der Waals surface area (Å²) in [5, 5.41) is 0. The average molecular weight is 309 g/mol. The number of benzene rings is 1. The number of aromatic nitrogens is 2. The zero-order valence-corrected chi connectivity index (χ0v) is 11.8. The van der Waals surface area contributed by atoms with Crippen molar-refractivity contribution in [2.24, 2.45) is 7.05 Å². The second kappa shape index (κ2) is 5.35. The Balaban J connectivity index is 2.19. The second-order valence-corrected chi connectivity index (χ2v) is 4.90. The van der Waals surface area contributed by atoms with Crippen LogP contribution >= 0.6 is 15.9 Å². The molecule has 0 spiro atoms. The molecule has 2 aromatic rings. The van der Waals surface area contributed by atoms with Crippen LogP contribution in [0.5, 0.6) is 5.75 Å². The van der Waals surface area contributed by atoms with Crippen molar-refractivity contribution in [3.8, 4) is 5.75 Å². The number of hydrogen-bond donors (Lipinski definition) is 0. The van der Waals surface area contributed by atoms with E-state index in [0.29, 0.717) is 17.9 Å². The van der Waals surface area contributed by atoms with E-state index in [1.54, 1.807) is 24.7 Å². The van der Waals surface area contributed by atoms with E-state index in [9.17, 15) is 4.79 Å². The van der Waals surface area contributed by atoms with Gasteiger partial charge >= 0.3 is 0 Å². The lowest BCUT2D eigenvalue weighted by atomic mass is 10.1. The smallest absolute Gasteiger partial charge is 0.163 e. The highest BCUT2D eigenvalue weighted by Gasteiger charge is 2.10. The first-order chi connectivity index (χ1) is 8.58. The SMILES string of the molecule is CC(=O)c1cc(Br)ccc1OCc1cncn1C. The van der Waals surface area contributed by atoms with E-state index in [0.717, 1.165) is 10.2 Å². The van der Waals surface area contributed by atoms with Crippen LogP contribution in [0.25, 0.3) is 0 Å². The molecular weight excluding hydrogens is 296 g/mol. The molecule has 0 bridgehead atoms. The predicted molar refractivity (Wildman–Crippen MR) is 71.7 cm³/mol.